The summed E-state index contributed by atoms with van der Waals surface area (Å²) in [6.45, 7) is 12.6. The summed E-state index contributed by atoms with van der Waals surface area (Å²) in [5.74, 6) is 1.35. The fraction of sp³-hybridized carbons (Fsp3) is 0.697. The molecule has 0 saturated heterocycles. The Bertz CT molecular complexity index is 1160. The minimum atomic E-state index is -3.42. The van der Waals surface area contributed by atoms with Crippen molar-refractivity contribution in [1.29, 1.82) is 0 Å². The Kier molecular flexibility index (Phi) is 10.9. The van der Waals surface area contributed by atoms with E-state index in [1.807, 2.05) is 6.66 Å². The smallest absolute Gasteiger partial charge is 0.381 e. The standard InChI is InChI=1S/C33H52O5P2/c1-7-8-9-14-26-22-31(37-39(6,34)27-15-10-11-16-27)33(30-21-25(4)19-20-29(30)24(2)3)32(23-26)38-40(35,36-5)28-17-12-13-18-28/h21-23,27-30H,2,7-20H2,1,3-6H3. The zero-order valence-electron chi connectivity index (χ0n) is 25.6. The minimum absolute atomic E-state index is 0.0570. The average molecular weight is 591 g/mol. The minimum Gasteiger partial charge on any atom is -0.442 e. The molecule has 0 aromatic heterocycles. The van der Waals surface area contributed by atoms with E-state index in [-0.39, 0.29) is 23.2 Å². The van der Waals surface area contributed by atoms with Crippen LogP contribution in [0.2, 0.25) is 0 Å². The molecule has 3 aliphatic rings. The van der Waals surface area contributed by atoms with Crippen molar-refractivity contribution >= 4 is 15.0 Å². The number of hydrogen-bond donors (Lipinski definition) is 0. The van der Waals surface area contributed by atoms with Gasteiger partial charge in [0.1, 0.15) is 11.5 Å². The second kappa shape index (κ2) is 13.8. The largest absolute Gasteiger partial charge is 0.442 e. The van der Waals surface area contributed by atoms with Gasteiger partial charge in [-0.15, -0.1) is 0 Å². The Balaban J connectivity index is 1.89. The summed E-state index contributed by atoms with van der Waals surface area (Å²) in [6.07, 6.45) is 16.3. The maximum atomic E-state index is 14.3. The van der Waals surface area contributed by atoms with Gasteiger partial charge in [0.15, 0.2) is 0 Å². The van der Waals surface area contributed by atoms with E-state index in [4.69, 9.17) is 13.6 Å². The van der Waals surface area contributed by atoms with Crippen molar-refractivity contribution in [2.45, 2.75) is 128 Å². The normalized spacial score (nSPS) is 25.3. The first-order valence-corrected chi connectivity index (χ1v) is 19.4. The summed E-state index contributed by atoms with van der Waals surface area (Å²) in [7, 11) is -4.85. The number of unbranched alkanes of at least 4 members (excludes halogenated alkanes) is 2. The molecule has 5 nitrogen and oxygen atoms in total. The highest BCUT2D eigenvalue weighted by Gasteiger charge is 2.41. The molecule has 0 N–H and O–H groups in total. The van der Waals surface area contributed by atoms with Crippen LogP contribution in [0.4, 0.5) is 0 Å². The van der Waals surface area contributed by atoms with Gasteiger partial charge in [0.05, 0.1) is 5.66 Å². The van der Waals surface area contributed by atoms with E-state index >= 15 is 0 Å². The van der Waals surface area contributed by atoms with Gasteiger partial charge in [-0.25, -0.2) is 4.57 Å². The van der Waals surface area contributed by atoms with Gasteiger partial charge in [-0.3, -0.25) is 4.57 Å². The van der Waals surface area contributed by atoms with Crippen molar-refractivity contribution in [2.75, 3.05) is 13.8 Å². The highest BCUT2D eigenvalue weighted by molar-refractivity contribution is 7.59. The molecule has 1 aromatic rings. The highest BCUT2D eigenvalue weighted by atomic mass is 31.2. The van der Waals surface area contributed by atoms with E-state index in [1.165, 1.54) is 12.7 Å². The second-order valence-corrected chi connectivity index (χ2v) is 17.8. The molecule has 2 saturated carbocycles. The van der Waals surface area contributed by atoms with Crippen molar-refractivity contribution in [2.24, 2.45) is 5.92 Å². The van der Waals surface area contributed by atoms with Gasteiger partial charge < -0.3 is 13.6 Å². The summed E-state index contributed by atoms with van der Waals surface area (Å²) in [5.41, 5.74) is 4.34. The lowest BCUT2D eigenvalue weighted by Crippen LogP contribution is -2.20. The van der Waals surface area contributed by atoms with Gasteiger partial charge in [-0.2, -0.15) is 0 Å². The Morgan fingerprint density at radius 2 is 1.55 bits per heavy atom. The fourth-order valence-corrected chi connectivity index (χ4v) is 11.0. The molecular weight excluding hydrogens is 538 g/mol. The summed E-state index contributed by atoms with van der Waals surface area (Å²) in [5, 5.41) is 0. The number of allylic oxidation sites excluding steroid dienone is 3. The maximum Gasteiger partial charge on any atom is 0.381 e. The van der Waals surface area contributed by atoms with Crippen LogP contribution in [-0.4, -0.2) is 25.1 Å². The second-order valence-electron chi connectivity index (χ2n) is 12.7. The first kappa shape index (κ1) is 31.7. The van der Waals surface area contributed by atoms with Crippen LogP contribution in [0.5, 0.6) is 11.5 Å². The van der Waals surface area contributed by atoms with E-state index in [0.29, 0.717) is 11.5 Å². The molecule has 0 spiro atoms. The Morgan fingerprint density at radius 3 is 2.12 bits per heavy atom. The predicted molar refractivity (Wildman–Crippen MR) is 168 cm³/mol. The van der Waals surface area contributed by atoms with E-state index in [0.717, 1.165) is 107 Å². The van der Waals surface area contributed by atoms with Crippen LogP contribution in [0, 0.1) is 5.92 Å². The van der Waals surface area contributed by atoms with E-state index in [2.05, 4.69) is 45.6 Å². The molecule has 0 heterocycles. The lowest BCUT2D eigenvalue weighted by molar-refractivity contribution is 0.307. The highest BCUT2D eigenvalue weighted by Crippen LogP contribution is 2.61. The maximum absolute atomic E-state index is 14.3. The Hall–Kier alpha value is -1.28. The molecule has 40 heavy (non-hydrogen) atoms. The van der Waals surface area contributed by atoms with Crippen LogP contribution in [-0.2, 0) is 20.1 Å². The molecule has 3 aliphatic carbocycles. The number of aryl methyl sites for hydroxylation is 1. The molecule has 0 radical (unpaired) electrons. The molecular formula is C33H52O5P2. The Labute approximate surface area is 243 Å². The average Bonchev–Trinajstić information content (AvgIpc) is 3.64. The fourth-order valence-electron chi connectivity index (χ4n) is 7.03. The lowest BCUT2D eigenvalue weighted by Gasteiger charge is -2.35. The zero-order chi connectivity index (χ0) is 28.9. The van der Waals surface area contributed by atoms with E-state index in [9.17, 15) is 9.13 Å². The van der Waals surface area contributed by atoms with Gasteiger partial charge >= 0.3 is 7.60 Å². The monoisotopic (exact) mass is 590 g/mol. The van der Waals surface area contributed by atoms with E-state index < -0.39 is 15.0 Å². The molecule has 0 aliphatic heterocycles. The third kappa shape index (κ3) is 7.37. The molecule has 4 unspecified atom stereocenters. The summed E-state index contributed by atoms with van der Waals surface area (Å²) < 4.78 is 47.5. The number of benzene rings is 1. The van der Waals surface area contributed by atoms with Crippen LogP contribution in [0.25, 0.3) is 0 Å². The molecule has 2 fully saturated rings. The third-order valence-corrected chi connectivity index (χ3v) is 14.2. The molecule has 7 heteroatoms. The van der Waals surface area contributed by atoms with Crippen molar-refractivity contribution in [1.82, 2.24) is 0 Å². The van der Waals surface area contributed by atoms with Crippen LogP contribution >= 0.6 is 15.0 Å². The zero-order valence-corrected chi connectivity index (χ0v) is 27.4. The lowest BCUT2D eigenvalue weighted by atomic mass is 9.73. The van der Waals surface area contributed by atoms with Crippen molar-refractivity contribution in [3.63, 3.8) is 0 Å². The quantitative estimate of drug-likeness (QED) is 0.130. The topological polar surface area (TPSA) is 61.8 Å². The summed E-state index contributed by atoms with van der Waals surface area (Å²) in [4.78, 5) is 0. The predicted octanol–water partition coefficient (Wildman–Crippen LogP) is 10.8. The molecule has 1 aromatic carbocycles. The Morgan fingerprint density at radius 1 is 0.950 bits per heavy atom. The molecule has 0 amide bonds. The van der Waals surface area contributed by atoms with Gasteiger partial charge in [0.2, 0.25) is 7.37 Å². The number of hydrogen-bond acceptors (Lipinski definition) is 5. The van der Waals surface area contributed by atoms with E-state index in [1.54, 1.807) is 0 Å². The molecule has 4 rings (SSSR count). The van der Waals surface area contributed by atoms with Crippen LogP contribution in [0.15, 0.2) is 35.9 Å². The van der Waals surface area contributed by atoms with Crippen molar-refractivity contribution in [3.8, 4) is 11.5 Å². The summed E-state index contributed by atoms with van der Waals surface area (Å²) in [6, 6.07) is 4.17. The summed E-state index contributed by atoms with van der Waals surface area (Å²) >= 11 is 0. The van der Waals surface area contributed by atoms with Crippen LogP contribution in [0.1, 0.15) is 121 Å². The van der Waals surface area contributed by atoms with Crippen molar-refractivity contribution < 1.29 is 22.7 Å². The third-order valence-electron chi connectivity index (χ3n) is 9.47. The van der Waals surface area contributed by atoms with Crippen LogP contribution < -0.4 is 9.05 Å². The van der Waals surface area contributed by atoms with Gasteiger partial charge in [-0.05, 0) is 88.8 Å². The number of rotatable bonds is 13. The van der Waals surface area contributed by atoms with Gasteiger partial charge in [0, 0.05) is 30.9 Å². The van der Waals surface area contributed by atoms with Crippen LogP contribution in [0.3, 0.4) is 0 Å². The first-order chi connectivity index (χ1) is 19.1. The van der Waals surface area contributed by atoms with Crippen molar-refractivity contribution in [3.05, 3.63) is 47.1 Å². The van der Waals surface area contributed by atoms with Gasteiger partial charge in [0.25, 0.3) is 0 Å². The SMILES string of the molecule is C=C(C)C1CCC(C)=CC1c1c(OP(C)(=O)C2CCCC2)cc(CCCCC)cc1OP(=O)(OC)C1CCCC1. The molecule has 0 bridgehead atoms. The molecule has 4 atom stereocenters. The molecule has 224 valence electrons. The van der Waals surface area contributed by atoms with Gasteiger partial charge in [-0.1, -0.05) is 69.2 Å². The first-order valence-electron chi connectivity index (χ1n) is 15.7.